The van der Waals surface area contributed by atoms with E-state index < -0.39 is 5.72 Å². The maximum absolute atomic E-state index is 11.9. The molecule has 3 aromatic rings. The van der Waals surface area contributed by atoms with Crippen molar-refractivity contribution in [1.82, 2.24) is 14.9 Å². The minimum absolute atomic E-state index is 0. The van der Waals surface area contributed by atoms with Gasteiger partial charge in [0.25, 0.3) is 0 Å². The van der Waals surface area contributed by atoms with E-state index in [2.05, 4.69) is 81.8 Å². The molecule has 2 saturated heterocycles. The van der Waals surface area contributed by atoms with Gasteiger partial charge < -0.3 is 14.9 Å². The van der Waals surface area contributed by atoms with Crippen molar-refractivity contribution >= 4 is 45.3 Å². The third-order valence-corrected chi connectivity index (χ3v) is 13.9. The van der Waals surface area contributed by atoms with Gasteiger partial charge in [0.15, 0.2) is 17.3 Å². The van der Waals surface area contributed by atoms with Crippen molar-refractivity contribution in [2.24, 2.45) is 56.2 Å². The molecule has 1 radical (unpaired) electrons. The molecule has 9 nitrogen and oxygen atoms in total. The van der Waals surface area contributed by atoms with Gasteiger partial charge in [0, 0.05) is 74.9 Å². The average Bonchev–Trinajstić information content (AvgIpc) is 3.28. The summed E-state index contributed by atoms with van der Waals surface area (Å²) in [6.07, 6.45) is 19.6. The molecule has 5 heterocycles. The van der Waals surface area contributed by atoms with E-state index in [1.165, 1.54) is 32.1 Å². The second-order valence-electron chi connectivity index (χ2n) is 22.7. The Labute approximate surface area is 379 Å². The Hall–Kier alpha value is -4.12. The zero-order chi connectivity index (χ0) is 44.6. The summed E-state index contributed by atoms with van der Waals surface area (Å²) in [6.45, 7) is 24.6. The van der Waals surface area contributed by atoms with Gasteiger partial charge >= 0.3 is 0 Å². The van der Waals surface area contributed by atoms with Crippen LogP contribution in [0.1, 0.15) is 115 Å². The first-order valence-electron chi connectivity index (χ1n) is 22.3. The number of aliphatic hydroxyl groups excluding tert-OH is 2. The Bertz CT molecular complexity index is 2310. The summed E-state index contributed by atoms with van der Waals surface area (Å²) in [4.78, 5) is 40.6. The summed E-state index contributed by atoms with van der Waals surface area (Å²) in [7, 11) is 2.26. The van der Waals surface area contributed by atoms with Crippen LogP contribution in [0.15, 0.2) is 88.6 Å². The number of aromatic nitrogens is 2. The van der Waals surface area contributed by atoms with E-state index >= 15 is 0 Å². The van der Waals surface area contributed by atoms with E-state index in [9.17, 15) is 19.8 Å². The number of ether oxygens (including phenoxy) is 1. The molecule has 62 heavy (non-hydrogen) atoms. The maximum atomic E-state index is 11.9. The van der Waals surface area contributed by atoms with Gasteiger partial charge in [-0.05, 0) is 109 Å². The molecule has 4 aliphatic carbocycles. The maximum Gasteiger partial charge on any atom is 0.223 e. The number of Topliss-reactive ketones (excluding diaryl/α,β-unsaturated/α-hetero) is 2. The van der Waals surface area contributed by atoms with Crippen molar-refractivity contribution in [1.29, 1.82) is 0 Å². The average molecular weight is 888 g/mol. The van der Waals surface area contributed by atoms with Crippen molar-refractivity contribution < 1.29 is 41.3 Å². The Kier molecular flexibility index (Phi) is 12.8. The number of pyridine rings is 2. The number of aliphatic hydroxyl groups is 2. The van der Waals surface area contributed by atoms with Gasteiger partial charge in [-0.15, -0.1) is 0 Å². The standard InChI is InChI=1S/C24H24N4O.2C14H22O2.Co/c1-28-17-11-14-8-15(12-17)10-16(9-14)24(28)13-27-22-18-4-2-6-25-20(18)21-19(23(22)29-24)5-3-7-26-21;2*1-13(2,3)9-7-10(14(4,5)6)12(16)11(15)8-9;/h2-7,13-17H,8-12H2,1H3;2*7-9,15H,1-6H3;. The monoisotopic (exact) mass is 887 g/mol. The number of rotatable bonds is 0. The van der Waals surface area contributed by atoms with Gasteiger partial charge in [0.2, 0.25) is 17.3 Å². The van der Waals surface area contributed by atoms with Crippen molar-refractivity contribution in [3.8, 4) is 5.75 Å². The van der Waals surface area contributed by atoms with Crippen LogP contribution in [-0.4, -0.2) is 61.7 Å². The fourth-order valence-corrected chi connectivity index (χ4v) is 10.3. The van der Waals surface area contributed by atoms with E-state index in [1.807, 2.05) is 78.2 Å². The van der Waals surface area contributed by atoms with Gasteiger partial charge in [-0.3, -0.25) is 29.4 Å². The van der Waals surface area contributed by atoms with E-state index in [0.717, 1.165) is 45.1 Å². The van der Waals surface area contributed by atoms with Crippen LogP contribution in [-0.2, 0) is 26.4 Å². The number of nitrogens with zero attached hydrogens (tertiary/aromatic N) is 4. The zero-order valence-corrected chi connectivity index (χ0v) is 40.1. The van der Waals surface area contributed by atoms with Crippen LogP contribution in [0, 0.1) is 51.2 Å². The largest absolute Gasteiger partial charge is 0.504 e. The summed E-state index contributed by atoms with van der Waals surface area (Å²) >= 11 is 0. The summed E-state index contributed by atoms with van der Waals surface area (Å²) in [5, 5.41) is 21.5. The minimum atomic E-state index is -0.444. The molecule has 7 aliphatic rings. The molecule has 1 spiro atoms. The number of aliphatic imine (C=N–C) groups is 1. The number of benzene rings is 1. The molecule has 2 saturated carbocycles. The number of hydrogen-bond acceptors (Lipinski definition) is 9. The molecule has 5 unspecified atom stereocenters. The first kappa shape index (κ1) is 47.4. The molecular weight excluding hydrogens is 820 g/mol. The summed E-state index contributed by atoms with van der Waals surface area (Å²) in [5.74, 6) is 2.62. The van der Waals surface area contributed by atoms with Crippen LogP contribution in [0.3, 0.4) is 0 Å². The van der Waals surface area contributed by atoms with Crippen LogP contribution in [0.2, 0.25) is 0 Å². The Balaban J connectivity index is 0.000000168. The predicted octanol–water partition coefficient (Wildman–Crippen LogP) is 12.0. The van der Waals surface area contributed by atoms with E-state index in [4.69, 9.17) is 9.73 Å². The number of carbonyl (C=O) groups excluding carboxylic acids is 2. The number of carbonyl (C=O) groups is 2. The molecule has 3 aliphatic heterocycles. The number of ketones is 2. The van der Waals surface area contributed by atoms with E-state index in [-0.39, 0.29) is 73.4 Å². The topological polar surface area (TPSA) is 125 Å². The molecule has 5 atom stereocenters. The fourth-order valence-electron chi connectivity index (χ4n) is 10.3. The number of allylic oxidation sites excluding steroid dienone is 6. The normalized spacial score (nSPS) is 28.3. The molecule has 10 rings (SSSR count). The van der Waals surface area contributed by atoms with Gasteiger partial charge in [0.1, 0.15) is 11.2 Å². The molecule has 4 bridgehead atoms. The number of fused-ring (bicyclic) bond motifs is 6. The van der Waals surface area contributed by atoms with Crippen LogP contribution < -0.4 is 4.74 Å². The zero-order valence-electron chi connectivity index (χ0n) is 39.1. The molecule has 10 heteroatoms. The first-order chi connectivity index (χ1) is 28.3. The van der Waals surface area contributed by atoms with Gasteiger partial charge in [0.05, 0.1) is 11.7 Å². The molecule has 1 aromatic carbocycles. The van der Waals surface area contributed by atoms with Gasteiger partial charge in [-0.2, -0.15) is 0 Å². The smallest absolute Gasteiger partial charge is 0.223 e. The quantitative estimate of drug-likeness (QED) is 0.214. The molecule has 2 aromatic heterocycles. The number of hydrogen-bond donors (Lipinski definition) is 2. The SMILES string of the molecule is CC(C)(C)C1=CC(C(C)(C)C)C=C(O)C1=O.CC(C)(C)C1=CC(C(C)(C)C)C=C(O)C1=O.CN1C2CC3CC(C2)CC(C3)C12C=Nc1c(c3cccnc3c3ncccc13)O2.[Co]. The predicted molar refractivity (Wildman–Crippen MR) is 246 cm³/mol. The second-order valence-corrected chi connectivity index (χ2v) is 22.7. The Morgan fingerprint density at radius 3 is 1.56 bits per heavy atom. The Morgan fingerprint density at radius 1 is 0.661 bits per heavy atom. The van der Waals surface area contributed by atoms with Crippen molar-refractivity contribution in [2.75, 3.05) is 7.05 Å². The Morgan fingerprint density at radius 2 is 1.11 bits per heavy atom. The molecule has 335 valence electrons. The van der Waals surface area contributed by atoms with Gasteiger partial charge in [-0.1, -0.05) is 95.2 Å². The molecule has 4 fully saturated rings. The molecule has 2 N–H and O–H groups in total. The third kappa shape index (κ3) is 8.98. The fraction of sp³-hybridized carbons (Fsp3) is 0.558. The van der Waals surface area contributed by atoms with Crippen LogP contribution in [0.5, 0.6) is 5.75 Å². The van der Waals surface area contributed by atoms with Crippen LogP contribution in [0.4, 0.5) is 5.69 Å². The van der Waals surface area contributed by atoms with Gasteiger partial charge in [-0.25, -0.2) is 0 Å². The summed E-state index contributed by atoms with van der Waals surface area (Å²) in [6, 6.07) is 8.72. The minimum Gasteiger partial charge on any atom is -0.504 e. The second kappa shape index (κ2) is 16.8. The van der Waals surface area contributed by atoms with Crippen LogP contribution >= 0.6 is 0 Å². The summed E-state index contributed by atoms with van der Waals surface area (Å²) in [5.41, 5.74) is 3.28. The first-order valence-corrected chi connectivity index (χ1v) is 22.3. The van der Waals surface area contributed by atoms with Crippen molar-refractivity contribution in [3.05, 3.63) is 83.6 Å². The molecule has 0 amide bonds. The van der Waals surface area contributed by atoms with E-state index in [1.54, 1.807) is 12.2 Å². The third-order valence-electron chi connectivity index (χ3n) is 13.9. The molecular formula is C52H68CoN4O5. The van der Waals surface area contributed by atoms with Crippen molar-refractivity contribution in [3.63, 3.8) is 0 Å². The van der Waals surface area contributed by atoms with Crippen molar-refractivity contribution in [2.45, 2.75) is 127 Å². The van der Waals surface area contributed by atoms with E-state index in [0.29, 0.717) is 23.1 Å². The summed E-state index contributed by atoms with van der Waals surface area (Å²) < 4.78 is 7.07. The van der Waals surface area contributed by atoms with Crippen LogP contribution in [0.25, 0.3) is 21.8 Å².